The van der Waals surface area contributed by atoms with E-state index >= 15 is 0 Å². The minimum atomic E-state index is -4.00. The van der Waals surface area contributed by atoms with Crippen molar-refractivity contribution in [2.75, 3.05) is 19.6 Å². The second-order valence-corrected chi connectivity index (χ2v) is 7.78. The van der Waals surface area contributed by atoms with E-state index in [1.54, 1.807) is 0 Å². The van der Waals surface area contributed by atoms with E-state index < -0.39 is 15.5 Å². The summed E-state index contributed by atoms with van der Waals surface area (Å²) in [6.07, 6.45) is 7.56. The smallest absolute Gasteiger partial charge is 0.307 e. The van der Waals surface area contributed by atoms with E-state index in [0.717, 1.165) is 64.6 Å². The van der Waals surface area contributed by atoms with Crippen molar-refractivity contribution in [1.82, 2.24) is 0 Å². The van der Waals surface area contributed by atoms with Crippen molar-refractivity contribution in [1.29, 1.82) is 0 Å². The molecule has 0 saturated heterocycles. The molecule has 0 aromatic rings. The van der Waals surface area contributed by atoms with E-state index in [9.17, 15) is 13.0 Å². The Morgan fingerprint density at radius 3 is 1.43 bits per heavy atom. The molecule has 0 fully saturated rings. The molecule has 1 unspecified atom stereocenters. The van der Waals surface area contributed by atoms with E-state index in [1.165, 1.54) is 0 Å². The third kappa shape index (κ3) is 7.11. The molecule has 1 N–H and O–H groups in total. The number of quaternary nitrogens is 1. The van der Waals surface area contributed by atoms with Crippen LogP contribution in [0.15, 0.2) is 0 Å². The first-order valence-corrected chi connectivity index (χ1v) is 10.2. The molecule has 0 saturated carbocycles. The van der Waals surface area contributed by atoms with Gasteiger partial charge in [0.15, 0.2) is 0 Å². The van der Waals surface area contributed by atoms with Crippen molar-refractivity contribution >= 4 is 10.1 Å². The van der Waals surface area contributed by atoms with Gasteiger partial charge in [-0.25, -0.2) is 0 Å². The van der Waals surface area contributed by atoms with Crippen LogP contribution in [0.3, 0.4) is 0 Å². The molecule has 4 nitrogen and oxygen atoms in total. The van der Waals surface area contributed by atoms with E-state index in [-0.39, 0.29) is 0 Å². The van der Waals surface area contributed by atoms with Crippen LogP contribution in [0.1, 0.15) is 79.1 Å². The molecule has 0 aliphatic heterocycles. The topological polar surface area (TPSA) is 54.4 Å². The fourth-order valence-corrected chi connectivity index (χ4v) is 4.55. The number of rotatable bonds is 13. The number of nitrogens with zero attached hydrogens (tertiary/aromatic N) is 1. The highest BCUT2D eigenvalue weighted by Gasteiger charge is 2.42. The van der Waals surface area contributed by atoms with Crippen LogP contribution in [0.5, 0.6) is 0 Å². The van der Waals surface area contributed by atoms with Gasteiger partial charge < -0.3 is 4.48 Å². The van der Waals surface area contributed by atoms with E-state index in [0.29, 0.717) is 10.9 Å². The van der Waals surface area contributed by atoms with Crippen LogP contribution < -0.4 is 0 Å². The van der Waals surface area contributed by atoms with Crippen LogP contribution in [0, 0.1) is 0 Å². The Balaban J connectivity index is 5.50. The van der Waals surface area contributed by atoms with Gasteiger partial charge in [0.1, 0.15) is 0 Å². The first-order chi connectivity index (χ1) is 9.87. The molecule has 1 atom stereocenters. The molecule has 0 spiro atoms. The summed E-state index contributed by atoms with van der Waals surface area (Å²) in [5.41, 5.74) is 0. The molecule has 21 heavy (non-hydrogen) atoms. The summed E-state index contributed by atoms with van der Waals surface area (Å²) in [5.74, 6) is 0. The normalized spacial score (nSPS) is 14.3. The molecule has 128 valence electrons. The SMILES string of the molecule is CCCC[N+](CCCC)(CCCC)C(CCC)S(=O)(=O)O. The Morgan fingerprint density at radius 1 is 0.810 bits per heavy atom. The lowest BCUT2D eigenvalue weighted by molar-refractivity contribution is -0.939. The van der Waals surface area contributed by atoms with Gasteiger partial charge in [-0.05, 0) is 25.7 Å². The largest absolute Gasteiger partial charge is 0.319 e. The third-order valence-corrected chi connectivity index (χ3v) is 5.73. The molecular weight excluding hydrogens is 286 g/mol. The first-order valence-electron chi connectivity index (χ1n) is 8.70. The standard InChI is InChI=1S/C16H35NO3S/c1-5-9-13-17(14-10-6-2,15-11-7-3)16(12-8-4)21(18,19)20/h16H,5-15H2,1-4H3/p+1. The van der Waals surface area contributed by atoms with Crippen LogP contribution in [0.25, 0.3) is 0 Å². The number of unbranched alkanes of at least 4 members (excludes halogenated alkanes) is 3. The second-order valence-electron chi connectivity index (χ2n) is 6.21. The van der Waals surface area contributed by atoms with Gasteiger partial charge in [0.2, 0.25) is 5.37 Å². The summed E-state index contributed by atoms with van der Waals surface area (Å²) in [4.78, 5) is 0. The van der Waals surface area contributed by atoms with Crippen molar-refractivity contribution < 1.29 is 17.5 Å². The molecule has 0 rings (SSSR count). The quantitative estimate of drug-likeness (QED) is 0.408. The molecule has 0 aliphatic rings. The highest BCUT2D eigenvalue weighted by Crippen LogP contribution is 2.26. The van der Waals surface area contributed by atoms with Gasteiger partial charge in [0, 0.05) is 6.42 Å². The van der Waals surface area contributed by atoms with Crippen molar-refractivity contribution in [2.24, 2.45) is 0 Å². The van der Waals surface area contributed by atoms with Gasteiger partial charge in [-0.2, -0.15) is 8.42 Å². The molecule has 0 radical (unpaired) electrons. The van der Waals surface area contributed by atoms with Crippen molar-refractivity contribution in [3.63, 3.8) is 0 Å². The average Bonchev–Trinajstić information content (AvgIpc) is 2.44. The predicted octanol–water partition coefficient (Wildman–Crippen LogP) is 4.22. The lowest BCUT2D eigenvalue weighted by atomic mass is 10.1. The maximum atomic E-state index is 12.0. The van der Waals surface area contributed by atoms with Crippen LogP contribution in [0.4, 0.5) is 0 Å². The van der Waals surface area contributed by atoms with Gasteiger partial charge >= 0.3 is 10.1 Å². The summed E-state index contributed by atoms with van der Waals surface area (Å²) in [6.45, 7) is 11.0. The van der Waals surface area contributed by atoms with Gasteiger partial charge in [-0.1, -0.05) is 47.0 Å². The van der Waals surface area contributed by atoms with Crippen LogP contribution in [0.2, 0.25) is 0 Å². The van der Waals surface area contributed by atoms with Gasteiger partial charge in [0.25, 0.3) is 0 Å². The first kappa shape index (κ1) is 20.9. The Morgan fingerprint density at radius 2 is 1.19 bits per heavy atom. The minimum Gasteiger partial charge on any atom is -0.307 e. The van der Waals surface area contributed by atoms with E-state index in [2.05, 4.69) is 20.8 Å². The van der Waals surface area contributed by atoms with Crippen molar-refractivity contribution in [3.05, 3.63) is 0 Å². The molecule has 0 aromatic carbocycles. The zero-order valence-electron chi connectivity index (χ0n) is 14.5. The lowest BCUT2D eigenvalue weighted by Gasteiger charge is -2.43. The van der Waals surface area contributed by atoms with Crippen LogP contribution in [-0.2, 0) is 10.1 Å². The summed E-state index contributed by atoms with van der Waals surface area (Å²) in [7, 11) is -4.00. The minimum absolute atomic E-state index is 0.552. The maximum absolute atomic E-state index is 12.0. The maximum Gasteiger partial charge on any atom is 0.319 e. The van der Waals surface area contributed by atoms with Crippen molar-refractivity contribution in [3.8, 4) is 0 Å². The van der Waals surface area contributed by atoms with Gasteiger partial charge in [-0.15, -0.1) is 0 Å². The molecule has 0 heterocycles. The summed E-state index contributed by atoms with van der Waals surface area (Å²) >= 11 is 0. The average molecular weight is 323 g/mol. The fraction of sp³-hybridized carbons (Fsp3) is 1.00. The van der Waals surface area contributed by atoms with E-state index in [1.807, 2.05) is 6.92 Å². The summed E-state index contributed by atoms with van der Waals surface area (Å²) < 4.78 is 34.4. The van der Waals surface area contributed by atoms with Crippen LogP contribution >= 0.6 is 0 Å². The third-order valence-electron chi connectivity index (χ3n) is 4.36. The lowest BCUT2D eigenvalue weighted by Crippen LogP contribution is -2.59. The molecule has 0 aliphatic carbocycles. The zero-order chi connectivity index (χ0) is 16.4. The summed E-state index contributed by atoms with van der Waals surface area (Å²) in [6, 6.07) is 0. The highest BCUT2D eigenvalue weighted by atomic mass is 32.2. The highest BCUT2D eigenvalue weighted by molar-refractivity contribution is 7.86. The molecular formula is C16H36NO3S+. The second kappa shape index (κ2) is 10.6. The fourth-order valence-electron chi connectivity index (χ4n) is 3.14. The molecule has 0 bridgehead atoms. The van der Waals surface area contributed by atoms with E-state index in [4.69, 9.17) is 0 Å². The molecule has 0 amide bonds. The Labute approximate surface area is 132 Å². The van der Waals surface area contributed by atoms with Crippen LogP contribution in [-0.4, -0.2) is 42.5 Å². The predicted molar refractivity (Wildman–Crippen MR) is 89.8 cm³/mol. The summed E-state index contributed by atoms with van der Waals surface area (Å²) in [5, 5.41) is -0.646. The van der Waals surface area contributed by atoms with Gasteiger partial charge in [-0.3, -0.25) is 4.55 Å². The van der Waals surface area contributed by atoms with Crippen molar-refractivity contribution in [2.45, 2.75) is 84.4 Å². The molecule has 0 aromatic heterocycles. The number of hydrogen-bond donors (Lipinski definition) is 1. The Kier molecular flexibility index (Phi) is 10.5. The Bertz CT molecular complexity index is 333. The molecule has 5 heteroatoms. The zero-order valence-corrected chi connectivity index (χ0v) is 15.3. The monoisotopic (exact) mass is 322 g/mol. The Hall–Kier alpha value is -0.130. The number of hydrogen-bond acceptors (Lipinski definition) is 2. The van der Waals surface area contributed by atoms with Gasteiger partial charge in [0.05, 0.1) is 19.6 Å².